The lowest BCUT2D eigenvalue weighted by Gasteiger charge is -2.33. The van der Waals surface area contributed by atoms with Crippen LogP contribution in [0.4, 0.5) is 5.82 Å². The van der Waals surface area contributed by atoms with Crippen LogP contribution in [0.2, 0.25) is 0 Å². The first-order valence-electron chi connectivity index (χ1n) is 6.56. The molecule has 2 rings (SSSR count). The molecule has 1 aliphatic heterocycles. The molecule has 8 nitrogen and oxygen atoms in total. The predicted molar refractivity (Wildman–Crippen MR) is 75.8 cm³/mol. The van der Waals surface area contributed by atoms with Crippen LogP contribution < -0.4 is 11.1 Å². The predicted octanol–water partition coefficient (Wildman–Crippen LogP) is -0.811. The van der Waals surface area contributed by atoms with Crippen LogP contribution >= 0.6 is 0 Å². The number of carbonyl (C=O) groups excluding carboxylic acids is 1. The molecule has 0 aromatic carbocycles. The van der Waals surface area contributed by atoms with Gasteiger partial charge in [0, 0.05) is 19.3 Å². The monoisotopic (exact) mass is 314 g/mol. The number of likely N-dealkylation sites (N-methyl/N-ethyl adjacent to an activating group) is 1. The average Bonchev–Trinajstić information content (AvgIpc) is 2.48. The van der Waals surface area contributed by atoms with Gasteiger partial charge in [-0.3, -0.25) is 4.79 Å². The first kappa shape index (κ1) is 15.7. The molecule has 1 aromatic rings. The Morgan fingerprint density at radius 3 is 3.05 bits per heavy atom. The van der Waals surface area contributed by atoms with Crippen molar-refractivity contribution in [2.45, 2.75) is 17.9 Å². The smallest absolute Gasteiger partial charge is 0.247 e. The number of anilines is 1. The first-order chi connectivity index (χ1) is 9.98. The normalized spacial score (nSPS) is 20.1. The fourth-order valence-corrected chi connectivity index (χ4v) is 3.75. The van der Waals surface area contributed by atoms with E-state index in [9.17, 15) is 13.2 Å². The molecule has 116 valence electrons. The van der Waals surface area contributed by atoms with Crippen LogP contribution in [0, 0.1) is 0 Å². The highest BCUT2D eigenvalue weighted by Gasteiger charge is 2.39. The summed E-state index contributed by atoms with van der Waals surface area (Å²) in [6.45, 7) is 2.52. The quantitative estimate of drug-likeness (QED) is 0.751. The summed E-state index contributed by atoms with van der Waals surface area (Å²) in [6, 6.07) is 1.97. The van der Waals surface area contributed by atoms with Crippen molar-refractivity contribution in [1.29, 1.82) is 0 Å². The number of pyridine rings is 1. The van der Waals surface area contributed by atoms with Crippen molar-refractivity contribution < 1.29 is 17.9 Å². The minimum Gasteiger partial charge on any atom is -0.383 e. The highest BCUT2D eigenvalue weighted by atomic mass is 32.2. The Morgan fingerprint density at radius 1 is 1.62 bits per heavy atom. The Bertz CT molecular complexity index is 619. The van der Waals surface area contributed by atoms with Crippen LogP contribution in [0.5, 0.6) is 0 Å². The fourth-order valence-electron chi connectivity index (χ4n) is 2.12. The van der Waals surface area contributed by atoms with Gasteiger partial charge in [0.2, 0.25) is 15.9 Å². The summed E-state index contributed by atoms with van der Waals surface area (Å²) in [4.78, 5) is 15.7. The molecular formula is C12H18N4O4S. The number of nitrogens with one attached hydrogen (secondary N) is 1. The van der Waals surface area contributed by atoms with Crippen molar-refractivity contribution in [2.24, 2.45) is 0 Å². The molecule has 1 unspecified atom stereocenters. The van der Waals surface area contributed by atoms with Gasteiger partial charge < -0.3 is 15.8 Å². The number of amides is 1. The van der Waals surface area contributed by atoms with E-state index < -0.39 is 16.1 Å². The minimum atomic E-state index is -3.90. The number of nitrogens with zero attached hydrogens (tertiary/aromatic N) is 2. The molecule has 0 aliphatic carbocycles. The number of ether oxygens (including phenoxy) is 1. The van der Waals surface area contributed by atoms with Gasteiger partial charge in [-0.05, 0) is 19.1 Å². The van der Waals surface area contributed by atoms with E-state index in [2.05, 4.69) is 10.3 Å². The summed E-state index contributed by atoms with van der Waals surface area (Å²) in [6.07, 6.45) is 1.41. The Morgan fingerprint density at radius 2 is 2.38 bits per heavy atom. The maximum absolute atomic E-state index is 12.7. The van der Waals surface area contributed by atoms with Crippen LogP contribution in [-0.2, 0) is 19.6 Å². The van der Waals surface area contributed by atoms with Gasteiger partial charge in [-0.2, -0.15) is 4.31 Å². The lowest BCUT2D eigenvalue weighted by atomic mass is 10.2. The third kappa shape index (κ3) is 3.14. The Balaban J connectivity index is 2.36. The highest BCUT2D eigenvalue weighted by Crippen LogP contribution is 2.23. The summed E-state index contributed by atoms with van der Waals surface area (Å²) in [7, 11) is -3.90. The molecule has 9 heteroatoms. The number of hydrogen-bond acceptors (Lipinski definition) is 6. The third-order valence-electron chi connectivity index (χ3n) is 3.12. The number of nitrogen functional groups attached to an aromatic ring is 1. The number of morpholine rings is 1. The van der Waals surface area contributed by atoms with Crippen LogP contribution in [0.15, 0.2) is 23.2 Å². The minimum absolute atomic E-state index is 0.0191. The second-order valence-corrected chi connectivity index (χ2v) is 6.35. The maximum atomic E-state index is 12.7. The second-order valence-electron chi connectivity index (χ2n) is 4.49. The van der Waals surface area contributed by atoms with Gasteiger partial charge in [0.05, 0.1) is 13.2 Å². The molecule has 1 saturated heterocycles. The van der Waals surface area contributed by atoms with E-state index in [-0.39, 0.29) is 36.4 Å². The molecule has 0 radical (unpaired) electrons. The molecule has 0 spiro atoms. The second kappa shape index (κ2) is 6.37. The molecule has 1 fully saturated rings. The number of nitrogens with two attached hydrogens (primary N) is 1. The van der Waals surface area contributed by atoms with Crippen LogP contribution in [0.1, 0.15) is 6.92 Å². The molecule has 2 heterocycles. The van der Waals surface area contributed by atoms with E-state index >= 15 is 0 Å². The Hall–Kier alpha value is -1.71. The van der Waals surface area contributed by atoms with Crippen molar-refractivity contribution in [1.82, 2.24) is 14.6 Å². The first-order valence-corrected chi connectivity index (χ1v) is 8.00. The zero-order chi connectivity index (χ0) is 15.5. The van der Waals surface area contributed by atoms with Crippen molar-refractivity contribution in [3.63, 3.8) is 0 Å². The Kier molecular flexibility index (Phi) is 4.76. The lowest BCUT2D eigenvalue weighted by Crippen LogP contribution is -2.55. The van der Waals surface area contributed by atoms with Gasteiger partial charge in [0.1, 0.15) is 16.8 Å². The Labute approximate surface area is 123 Å². The van der Waals surface area contributed by atoms with Crippen molar-refractivity contribution >= 4 is 21.7 Å². The highest BCUT2D eigenvalue weighted by molar-refractivity contribution is 7.89. The van der Waals surface area contributed by atoms with E-state index in [0.29, 0.717) is 6.54 Å². The van der Waals surface area contributed by atoms with Gasteiger partial charge >= 0.3 is 0 Å². The van der Waals surface area contributed by atoms with E-state index in [1.807, 2.05) is 0 Å². The van der Waals surface area contributed by atoms with Gasteiger partial charge in [0.25, 0.3) is 0 Å². The van der Waals surface area contributed by atoms with Gasteiger partial charge in [0.15, 0.2) is 0 Å². The molecule has 1 aromatic heterocycles. The van der Waals surface area contributed by atoms with E-state index in [4.69, 9.17) is 10.5 Å². The van der Waals surface area contributed by atoms with Crippen molar-refractivity contribution in [2.75, 3.05) is 32.0 Å². The topological polar surface area (TPSA) is 115 Å². The number of hydrogen-bond donors (Lipinski definition) is 2. The van der Waals surface area contributed by atoms with E-state index in [0.717, 1.165) is 4.31 Å². The summed E-state index contributed by atoms with van der Waals surface area (Å²) in [5.74, 6) is -0.470. The summed E-state index contributed by atoms with van der Waals surface area (Å²) in [5.41, 5.74) is 5.64. The molecule has 3 N–H and O–H groups in total. The molecule has 1 amide bonds. The van der Waals surface area contributed by atoms with Crippen LogP contribution in [0.3, 0.4) is 0 Å². The molecule has 0 bridgehead atoms. The van der Waals surface area contributed by atoms with E-state index in [1.54, 1.807) is 6.92 Å². The standard InChI is InChI=1S/C12H18N4O4S/c1-2-14-12(17)9-8-20-7-6-16(9)21(18,19)10-4-3-5-15-11(10)13/h3-5,9H,2,6-8H2,1H3,(H2,13,15)(H,14,17). The van der Waals surface area contributed by atoms with Crippen LogP contribution in [0.25, 0.3) is 0 Å². The van der Waals surface area contributed by atoms with Gasteiger partial charge in [-0.1, -0.05) is 0 Å². The van der Waals surface area contributed by atoms with Gasteiger partial charge in [-0.25, -0.2) is 13.4 Å². The maximum Gasteiger partial charge on any atom is 0.247 e. The summed E-state index contributed by atoms with van der Waals surface area (Å²) >= 11 is 0. The molecule has 1 atom stereocenters. The van der Waals surface area contributed by atoms with E-state index in [1.165, 1.54) is 18.3 Å². The zero-order valence-corrected chi connectivity index (χ0v) is 12.5. The largest absolute Gasteiger partial charge is 0.383 e. The molecule has 21 heavy (non-hydrogen) atoms. The number of rotatable bonds is 4. The number of carbonyl (C=O) groups is 1. The number of sulfonamides is 1. The fraction of sp³-hybridized carbons (Fsp3) is 0.500. The average molecular weight is 314 g/mol. The lowest BCUT2D eigenvalue weighted by molar-refractivity contribution is -0.129. The summed E-state index contributed by atoms with van der Waals surface area (Å²) < 4.78 is 31.7. The van der Waals surface area contributed by atoms with Crippen molar-refractivity contribution in [3.8, 4) is 0 Å². The molecule has 0 saturated carbocycles. The van der Waals surface area contributed by atoms with Gasteiger partial charge in [-0.15, -0.1) is 0 Å². The van der Waals surface area contributed by atoms with Crippen LogP contribution in [-0.4, -0.2) is 56.0 Å². The van der Waals surface area contributed by atoms with Crippen molar-refractivity contribution in [3.05, 3.63) is 18.3 Å². The zero-order valence-electron chi connectivity index (χ0n) is 11.7. The summed E-state index contributed by atoms with van der Waals surface area (Å²) in [5, 5.41) is 2.61. The SMILES string of the molecule is CCNC(=O)C1COCCN1S(=O)(=O)c1cccnc1N. The molecule has 1 aliphatic rings. The third-order valence-corrected chi connectivity index (χ3v) is 5.07. The number of aromatic nitrogens is 1. The molecular weight excluding hydrogens is 296 g/mol.